The highest BCUT2D eigenvalue weighted by atomic mass is 16.5. The molecule has 1 aromatic carbocycles. The lowest BCUT2D eigenvalue weighted by Gasteiger charge is -2.06. The number of hydrogen-bond acceptors (Lipinski definition) is 6. The molecule has 0 unspecified atom stereocenters. The average molecular weight is 271 g/mol. The highest BCUT2D eigenvalue weighted by molar-refractivity contribution is 5.81. The summed E-state index contributed by atoms with van der Waals surface area (Å²) in [5, 5.41) is 0. The molecule has 2 heterocycles. The maximum atomic E-state index is 5.84. The van der Waals surface area contributed by atoms with Crippen LogP contribution in [-0.4, -0.2) is 26.6 Å². The Morgan fingerprint density at radius 2 is 1.80 bits per heavy atom. The minimum absolute atomic E-state index is 0.184. The number of aryl methyl sites for hydroxylation is 1. The lowest BCUT2D eigenvalue weighted by Crippen LogP contribution is -1.99. The van der Waals surface area contributed by atoms with Gasteiger partial charge in [-0.3, -0.25) is 0 Å². The summed E-state index contributed by atoms with van der Waals surface area (Å²) in [6.07, 6.45) is 1.63. The molecule has 3 rings (SSSR count). The first-order chi connectivity index (χ1) is 9.67. The second-order valence-corrected chi connectivity index (χ2v) is 4.20. The van der Waals surface area contributed by atoms with Crippen molar-refractivity contribution in [2.75, 3.05) is 12.8 Å². The summed E-state index contributed by atoms with van der Waals surface area (Å²) in [5.41, 5.74) is 7.03. The molecule has 0 aliphatic heterocycles. The zero-order valence-corrected chi connectivity index (χ0v) is 11.1. The number of nitrogens with zero attached hydrogens (tertiary/aromatic N) is 4. The van der Waals surface area contributed by atoms with E-state index >= 15 is 0 Å². The van der Waals surface area contributed by atoms with Crippen LogP contribution in [0.4, 0.5) is 5.82 Å². The van der Waals surface area contributed by atoms with Crippen molar-refractivity contribution in [1.82, 2.24) is 19.5 Å². The third kappa shape index (κ3) is 2.09. The van der Waals surface area contributed by atoms with E-state index in [0.717, 1.165) is 5.75 Å². The molecular formula is C13H13N5O2. The van der Waals surface area contributed by atoms with Crippen LogP contribution >= 0.6 is 0 Å². The molecule has 0 amide bonds. The van der Waals surface area contributed by atoms with Gasteiger partial charge in [-0.1, -0.05) is 0 Å². The van der Waals surface area contributed by atoms with E-state index in [9.17, 15) is 0 Å². The second-order valence-electron chi connectivity index (χ2n) is 4.20. The molecule has 0 aliphatic carbocycles. The molecule has 0 atom stereocenters. The Hall–Kier alpha value is -2.83. The van der Waals surface area contributed by atoms with Gasteiger partial charge in [-0.15, -0.1) is 0 Å². The SMILES string of the molecule is COc1ccc(Oc2nc(N)c3ncn(C)c3n2)cc1. The molecule has 0 saturated carbocycles. The molecule has 7 nitrogen and oxygen atoms in total. The Morgan fingerprint density at radius 1 is 1.10 bits per heavy atom. The topological polar surface area (TPSA) is 88.1 Å². The van der Waals surface area contributed by atoms with Crippen molar-refractivity contribution in [3.05, 3.63) is 30.6 Å². The second kappa shape index (κ2) is 4.69. The molecule has 20 heavy (non-hydrogen) atoms. The molecule has 0 spiro atoms. The van der Waals surface area contributed by atoms with Crippen molar-refractivity contribution in [2.45, 2.75) is 0 Å². The van der Waals surface area contributed by atoms with E-state index < -0.39 is 0 Å². The predicted octanol–water partition coefficient (Wildman–Crippen LogP) is 1.75. The van der Waals surface area contributed by atoms with Crippen LogP contribution < -0.4 is 15.2 Å². The van der Waals surface area contributed by atoms with Crippen LogP contribution in [0.3, 0.4) is 0 Å². The Balaban J connectivity index is 1.95. The number of ether oxygens (including phenoxy) is 2. The van der Waals surface area contributed by atoms with Gasteiger partial charge < -0.3 is 19.8 Å². The molecule has 0 fully saturated rings. The van der Waals surface area contributed by atoms with Gasteiger partial charge in [0.15, 0.2) is 11.5 Å². The zero-order chi connectivity index (χ0) is 14.1. The minimum atomic E-state index is 0.184. The van der Waals surface area contributed by atoms with E-state index in [1.54, 1.807) is 42.3 Å². The quantitative estimate of drug-likeness (QED) is 0.780. The number of rotatable bonds is 3. The van der Waals surface area contributed by atoms with Gasteiger partial charge in [-0.05, 0) is 24.3 Å². The molecule has 3 aromatic rings. The molecule has 0 aliphatic rings. The largest absolute Gasteiger partial charge is 0.497 e. The van der Waals surface area contributed by atoms with Crippen LogP contribution in [0, 0.1) is 0 Å². The third-order valence-corrected chi connectivity index (χ3v) is 2.83. The van der Waals surface area contributed by atoms with E-state index in [1.165, 1.54) is 0 Å². The van der Waals surface area contributed by atoms with Crippen molar-refractivity contribution in [3.63, 3.8) is 0 Å². The summed E-state index contributed by atoms with van der Waals surface area (Å²) < 4.78 is 12.4. The summed E-state index contributed by atoms with van der Waals surface area (Å²) >= 11 is 0. The smallest absolute Gasteiger partial charge is 0.326 e. The zero-order valence-electron chi connectivity index (χ0n) is 11.1. The van der Waals surface area contributed by atoms with E-state index in [2.05, 4.69) is 15.0 Å². The standard InChI is InChI=1S/C13H13N5O2/c1-18-7-15-10-11(14)16-13(17-12(10)18)20-9-5-3-8(19-2)4-6-9/h3-7H,1-2H3,(H2,14,16,17). The maximum Gasteiger partial charge on any atom is 0.326 e. The van der Waals surface area contributed by atoms with Crippen LogP contribution in [0.5, 0.6) is 17.5 Å². The number of nitrogens with two attached hydrogens (primary N) is 1. The molecule has 2 N–H and O–H groups in total. The number of hydrogen-bond donors (Lipinski definition) is 1. The number of aromatic nitrogens is 4. The van der Waals surface area contributed by atoms with Crippen molar-refractivity contribution in [2.24, 2.45) is 7.05 Å². The molecule has 102 valence electrons. The fraction of sp³-hybridized carbons (Fsp3) is 0.154. The first kappa shape index (κ1) is 12.2. The molecule has 2 aromatic heterocycles. The van der Waals surface area contributed by atoms with Crippen LogP contribution in [0.15, 0.2) is 30.6 Å². The van der Waals surface area contributed by atoms with Gasteiger partial charge in [0.1, 0.15) is 17.0 Å². The fourth-order valence-corrected chi connectivity index (χ4v) is 1.80. The van der Waals surface area contributed by atoms with Crippen LogP contribution in [0.1, 0.15) is 0 Å². The molecule has 0 radical (unpaired) electrons. The summed E-state index contributed by atoms with van der Waals surface area (Å²) in [6, 6.07) is 7.31. The van der Waals surface area contributed by atoms with E-state index in [4.69, 9.17) is 15.2 Å². The van der Waals surface area contributed by atoms with Crippen LogP contribution in [0.25, 0.3) is 11.2 Å². The third-order valence-electron chi connectivity index (χ3n) is 2.83. The fourth-order valence-electron chi connectivity index (χ4n) is 1.80. The highest BCUT2D eigenvalue weighted by Gasteiger charge is 2.11. The summed E-state index contributed by atoms with van der Waals surface area (Å²) in [7, 11) is 3.44. The van der Waals surface area contributed by atoms with E-state index in [-0.39, 0.29) is 6.01 Å². The Labute approximate surface area is 115 Å². The van der Waals surface area contributed by atoms with Crippen LogP contribution in [-0.2, 0) is 7.05 Å². The van der Waals surface area contributed by atoms with Crippen molar-refractivity contribution in [3.8, 4) is 17.5 Å². The van der Waals surface area contributed by atoms with E-state index in [1.807, 2.05) is 7.05 Å². The Kier molecular flexibility index (Phi) is 2.86. The van der Waals surface area contributed by atoms with Gasteiger partial charge in [-0.2, -0.15) is 9.97 Å². The lowest BCUT2D eigenvalue weighted by atomic mass is 10.3. The Morgan fingerprint density at radius 3 is 2.50 bits per heavy atom. The number of anilines is 1. The number of imidazole rings is 1. The van der Waals surface area contributed by atoms with Crippen molar-refractivity contribution < 1.29 is 9.47 Å². The molecule has 0 bridgehead atoms. The van der Waals surface area contributed by atoms with Gasteiger partial charge in [0, 0.05) is 7.05 Å². The van der Waals surface area contributed by atoms with Crippen LogP contribution in [0.2, 0.25) is 0 Å². The maximum absolute atomic E-state index is 5.84. The normalized spacial score (nSPS) is 10.7. The lowest BCUT2D eigenvalue weighted by molar-refractivity contribution is 0.411. The average Bonchev–Trinajstić information content (AvgIpc) is 2.82. The predicted molar refractivity (Wildman–Crippen MR) is 73.8 cm³/mol. The molecule has 7 heteroatoms. The molecule has 0 saturated heterocycles. The number of benzene rings is 1. The van der Waals surface area contributed by atoms with E-state index in [0.29, 0.717) is 22.7 Å². The van der Waals surface area contributed by atoms with Gasteiger partial charge in [-0.25, -0.2) is 4.98 Å². The Bertz CT molecular complexity index is 751. The first-order valence-electron chi connectivity index (χ1n) is 5.94. The van der Waals surface area contributed by atoms with Crippen molar-refractivity contribution >= 4 is 17.0 Å². The van der Waals surface area contributed by atoms with Gasteiger partial charge >= 0.3 is 6.01 Å². The minimum Gasteiger partial charge on any atom is -0.497 e. The molecular weight excluding hydrogens is 258 g/mol. The summed E-state index contributed by atoms with van der Waals surface area (Å²) in [4.78, 5) is 12.5. The highest BCUT2D eigenvalue weighted by Crippen LogP contribution is 2.24. The van der Waals surface area contributed by atoms with Gasteiger partial charge in [0.05, 0.1) is 13.4 Å². The van der Waals surface area contributed by atoms with Gasteiger partial charge in [0.25, 0.3) is 0 Å². The van der Waals surface area contributed by atoms with Crippen molar-refractivity contribution in [1.29, 1.82) is 0 Å². The summed E-state index contributed by atoms with van der Waals surface area (Å²) in [5.74, 6) is 1.64. The summed E-state index contributed by atoms with van der Waals surface area (Å²) in [6.45, 7) is 0. The monoisotopic (exact) mass is 271 g/mol. The van der Waals surface area contributed by atoms with Gasteiger partial charge in [0.2, 0.25) is 0 Å². The first-order valence-corrected chi connectivity index (χ1v) is 5.94. The number of fused-ring (bicyclic) bond motifs is 1. The number of nitrogen functional groups attached to an aromatic ring is 1. The number of methoxy groups -OCH3 is 1.